The summed E-state index contributed by atoms with van der Waals surface area (Å²) in [4.78, 5) is 26.6. The van der Waals surface area contributed by atoms with Gasteiger partial charge in [0.15, 0.2) is 11.5 Å². The maximum atomic E-state index is 13.0. The molecule has 152 valence electrons. The average Bonchev–Trinajstić information content (AvgIpc) is 3.26. The Morgan fingerprint density at radius 3 is 2.60 bits per heavy atom. The molecule has 1 aliphatic rings. The van der Waals surface area contributed by atoms with Gasteiger partial charge in [0.25, 0.3) is 11.8 Å². The van der Waals surface area contributed by atoms with Gasteiger partial charge in [0.2, 0.25) is 0 Å². The highest BCUT2D eigenvalue weighted by Crippen LogP contribution is 2.32. The second-order valence-corrected chi connectivity index (χ2v) is 7.69. The van der Waals surface area contributed by atoms with Crippen molar-refractivity contribution in [2.45, 2.75) is 6.92 Å². The number of aryl methyl sites for hydroxylation is 1. The second-order valence-electron chi connectivity index (χ2n) is 6.71. The van der Waals surface area contributed by atoms with E-state index in [1.165, 1.54) is 11.3 Å². The van der Waals surface area contributed by atoms with Crippen LogP contribution in [0, 0.1) is 6.92 Å². The molecule has 30 heavy (non-hydrogen) atoms. The highest BCUT2D eigenvalue weighted by atomic mass is 32.1. The first-order valence-corrected chi connectivity index (χ1v) is 10.3. The van der Waals surface area contributed by atoms with Gasteiger partial charge in [-0.15, -0.1) is 11.3 Å². The predicted molar refractivity (Wildman–Crippen MR) is 117 cm³/mol. The summed E-state index contributed by atoms with van der Waals surface area (Å²) in [6.07, 6.45) is 1.66. The van der Waals surface area contributed by atoms with Gasteiger partial charge in [-0.25, -0.2) is 0 Å². The molecular formula is C23H20N2O4S. The lowest BCUT2D eigenvalue weighted by atomic mass is 10.1. The first-order chi connectivity index (χ1) is 14.6. The van der Waals surface area contributed by atoms with Gasteiger partial charge >= 0.3 is 0 Å². The fourth-order valence-corrected chi connectivity index (χ4v) is 3.63. The molecular weight excluding hydrogens is 400 g/mol. The molecule has 2 aromatic carbocycles. The molecule has 0 radical (unpaired) electrons. The summed E-state index contributed by atoms with van der Waals surface area (Å²) in [6.45, 7) is 2.87. The molecule has 0 atom stereocenters. The molecule has 0 unspecified atom stereocenters. The van der Waals surface area contributed by atoms with Crippen LogP contribution in [0.4, 0.5) is 5.69 Å². The van der Waals surface area contributed by atoms with Gasteiger partial charge in [0.1, 0.15) is 18.9 Å². The lowest BCUT2D eigenvalue weighted by molar-refractivity contribution is -0.113. The summed E-state index contributed by atoms with van der Waals surface area (Å²) in [5.74, 6) is 0.438. The Hall–Kier alpha value is -3.58. The maximum Gasteiger partial charge on any atom is 0.272 e. The summed E-state index contributed by atoms with van der Waals surface area (Å²) in [6, 6.07) is 16.2. The fourth-order valence-electron chi connectivity index (χ4n) is 2.97. The molecule has 0 spiro atoms. The second kappa shape index (κ2) is 8.84. The lowest BCUT2D eigenvalue weighted by Crippen LogP contribution is -2.30. The molecule has 0 saturated carbocycles. The van der Waals surface area contributed by atoms with Crippen LogP contribution in [0.15, 0.2) is 65.7 Å². The number of ether oxygens (including phenoxy) is 2. The number of rotatable bonds is 5. The van der Waals surface area contributed by atoms with Crippen LogP contribution in [0.3, 0.4) is 0 Å². The van der Waals surface area contributed by atoms with Crippen LogP contribution in [-0.4, -0.2) is 25.0 Å². The van der Waals surface area contributed by atoms with E-state index in [0.717, 1.165) is 10.4 Å². The normalized spacial score (nSPS) is 12.9. The van der Waals surface area contributed by atoms with E-state index in [1.807, 2.05) is 36.6 Å². The topological polar surface area (TPSA) is 76.7 Å². The van der Waals surface area contributed by atoms with E-state index in [0.29, 0.717) is 36.0 Å². The van der Waals surface area contributed by atoms with E-state index in [4.69, 9.17) is 9.47 Å². The third-order valence-electron chi connectivity index (χ3n) is 4.40. The van der Waals surface area contributed by atoms with Gasteiger partial charge in [-0.2, -0.15) is 0 Å². The first-order valence-electron chi connectivity index (χ1n) is 9.43. The molecule has 0 fully saturated rings. The summed E-state index contributed by atoms with van der Waals surface area (Å²) < 4.78 is 11.1. The number of thiophene rings is 1. The number of anilines is 1. The number of amides is 2. The van der Waals surface area contributed by atoms with Crippen molar-refractivity contribution < 1.29 is 19.1 Å². The van der Waals surface area contributed by atoms with Crippen LogP contribution in [0.2, 0.25) is 0 Å². The van der Waals surface area contributed by atoms with Crippen molar-refractivity contribution >= 4 is 34.9 Å². The number of carbonyl (C=O) groups is 2. The number of benzene rings is 2. The van der Waals surface area contributed by atoms with E-state index < -0.39 is 5.91 Å². The van der Waals surface area contributed by atoms with Crippen molar-refractivity contribution in [3.05, 3.63) is 81.7 Å². The van der Waals surface area contributed by atoms with Crippen molar-refractivity contribution in [3.8, 4) is 11.5 Å². The number of fused-ring (bicyclic) bond motifs is 1. The lowest BCUT2D eigenvalue weighted by Gasteiger charge is -2.19. The first kappa shape index (κ1) is 19.7. The maximum absolute atomic E-state index is 13.0. The third kappa shape index (κ3) is 4.69. The van der Waals surface area contributed by atoms with E-state index >= 15 is 0 Å². The van der Waals surface area contributed by atoms with Crippen molar-refractivity contribution in [2.24, 2.45) is 0 Å². The van der Waals surface area contributed by atoms with Crippen LogP contribution >= 0.6 is 11.3 Å². The molecule has 1 aliphatic heterocycles. The molecule has 0 bridgehead atoms. The Balaban J connectivity index is 1.56. The molecule has 2 heterocycles. The van der Waals surface area contributed by atoms with E-state index in [-0.39, 0.29) is 11.6 Å². The Labute approximate surface area is 178 Å². The van der Waals surface area contributed by atoms with Crippen molar-refractivity contribution in [2.75, 3.05) is 18.5 Å². The monoisotopic (exact) mass is 420 g/mol. The standard InChI is InChI=1S/C23H20N2O4S/c1-15-4-2-5-16(12-15)22(26)25-19(14-18-6-3-11-30-18)23(27)24-17-7-8-20-21(13-17)29-10-9-28-20/h2-8,11-14H,9-10H2,1H3,(H,24,27)(H,25,26)/b19-14-. The molecule has 2 N–H and O–H groups in total. The minimum Gasteiger partial charge on any atom is -0.486 e. The zero-order valence-corrected chi connectivity index (χ0v) is 17.1. The Kier molecular flexibility index (Phi) is 5.81. The highest BCUT2D eigenvalue weighted by Gasteiger charge is 2.17. The van der Waals surface area contributed by atoms with Gasteiger partial charge in [0, 0.05) is 22.2 Å². The summed E-state index contributed by atoms with van der Waals surface area (Å²) in [5.41, 5.74) is 2.15. The van der Waals surface area contributed by atoms with Crippen LogP contribution in [0.5, 0.6) is 11.5 Å². The largest absolute Gasteiger partial charge is 0.486 e. The summed E-state index contributed by atoms with van der Waals surface area (Å²) >= 11 is 1.47. The molecule has 2 amide bonds. The molecule has 7 heteroatoms. The average molecular weight is 420 g/mol. The SMILES string of the molecule is Cc1cccc(C(=O)N/C(=C\c2cccs2)C(=O)Nc2ccc3c(c2)OCCO3)c1. The molecule has 1 aromatic heterocycles. The summed E-state index contributed by atoms with van der Waals surface area (Å²) in [7, 11) is 0. The van der Waals surface area contributed by atoms with Crippen LogP contribution in [-0.2, 0) is 4.79 Å². The van der Waals surface area contributed by atoms with Crippen LogP contribution < -0.4 is 20.1 Å². The molecule has 6 nitrogen and oxygen atoms in total. The number of carbonyl (C=O) groups excluding carboxylic acids is 2. The zero-order valence-electron chi connectivity index (χ0n) is 16.3. The Morgan fingerprint density at radius 1 is 1.00 bits per heavy atom. The van der Waals surface area contributed by atoms with E-state index in [9.17, 15) is 9.59 Å². The summed E-state index contributed by atoms with van der Waals surface area (Å²) in [5, 5.41) is 7.47. The van der Waals surface area contributed by atoms with Crippen molar-refractivity contribution in [3.63, 3.8) is 0 Å². The smallest absolute Gasteiger partial charge is 0.272 e. The third-order valence-corrected chi connectivity index (χ3v) is 5.22. The van der Waals surface area contributed by atoms with Crippen molar-refractivity contribution in [1.29, 1.82) is 0 Å². The minimum atomic E-state index is -0.430. The van der Waals surface area contributed by atoms with Gasteiger partial charge in [-0.05, 0) is 48.7 Å². The number of hydrogen-bond acceptors (Lipinski definition) is 5. The molecule has 4 rings (SSSR count). The predicted octanol–water partition coefficient (Wildman–Crippen LogP) is 4.24. The van der Waals surface area contributed by atoms with Gasteiger partial charge < -0.3 is 20.1 Å². The highest BCUT2D eigenvalue weighted by molar-refractivity contribution is 7.10. The quantitative estimate of drug-likeness (QED) is 0.606. The van der Waals surface area contributed by atoms with Gasteiger partial charge in [-0.1, -0.05) is 23.8 Å². The molecule has 0 aliphatic carbocycles. The van der Waals surface area contributed by atoms with Crippen LogP contribution in [0.25, 0.3) is 6.08 Å². The Bertz CT molecular complexity index is 1110. The van der Waals surface area contributed by atoms with Gasteiger partial charge in [0.05, 0.1) is 0 Å². The van der Waals surface area contributed by atoms with E-state index in [1.54, 1.807) is 36.4 Å². The van der Waals surface area contributed by atoms with Gasteiger partial charge in [-0.3, -0.25) is 9.59 Å². The minimum absolute atomic E-state index is 0.152. The molecule has 0 saturated heterocycles. The van der Waals surface area contributed by atoms with Crippen LogP contribution in [0.1, 0.15) is 20.8 Å². The molecule has 3 aromatic rings. The van der Waals surface area contributed by atoms with E-state index in [2.05, 4.69) is 10.6 Å². The fraction of sp³-hybridized carbons (Fsp3) is 0.130. The Morgan fingerprint density at radius 2 is 1.83 bits per heavy atom. The van der Waals surface area contributed by atoms with Crippen molar-refractivity contribution in [1.82, 2.24) is 5.32 Å². The zero-order chi connectivity index (χ0) is 20.9. The number of nitrogens with one attached hydrogen (secondary N) is 2. The number of hydrogen-bond donors (Lipinski definition) is 2.